The van der Waals surface area contributed by atoms with Gasteiger partial charge in [-0.25, -0.2) is 13.2 Å². The van der Waals surface area contributed by atoms with Crippen LogP contribution in [0.15, 0.2) is 48.5 Å². The summed E-state index contributed by atoms with van der Waals surface area (Å²) in [6.07, 6.45) is 0. The molecule has 2 aromatic carbocycles. The van der Waals surface area contributed by atoms with Gasteiger partial charge in [0.25, 0.3) is 0 Å². The van der Waals surface area contributed by atoms with E-state index in [-0.39, 0.29) is 29.6 Å². The molecule has 0 unspecified atom stereocenters. The van der Waals surface area contributed by atoms with E-state index in [2.05, 4.69) is 0 Å². The molecule has 0 spiro atoms. The predicted molar refractivity (Wildman–Crippen MR) is 102 cm³/mol. The van der Waals surface area contributed by atoms with Crippen LogP contribution >= 0.6 is 0 Å². The number of hydrogen-bond acceptors (Lipinski definition) is 3. The Morgan fingerprint density at radius 3 is 2.42 bits per heavy atom. The molecular weight excluding hydrogens is 348 g/mol. The van der Waals surface area contributed by atoms with Crippen molar-refractivity contribution in [1.82, 2.24) is 4.90 Å². The number of rotatable bonds is 3. The molecule has 2 saturated heterocycles. The average Bonchev–Trinajstić information content (AvgIpc) is 3.02. The van der Waals surface area contributed by atoms with Gasteiger partial charge in [-0.1, -0.05) is 42.5 Å². The highest BCUT2D eigenvalue weighted by molar-refractivity contribution is 7.91. The minimum Gasteiger partial charge on any atom is -0.314 e. The molecule has 0 N–H and O–H groups in total. The number of benzene rings is 2. The van der Waals surface area contributed by atoms with Gasteiger partial charge in [0, 0.05) is 12.2 Å². The third-order valence-electron chi connectivity index (χ3n) is 5.30. The molecule has 0 aromatic heterocycles. The summed E-state index contributed by atoms with van der Waals surface area (Å²) in [4.78, 5) is 16.7. The van der Waals surface area contributed by atoms with E-state index in [9.17, 15) is 13.2 Å². The molecule has 2 atom stereocenters. The van der Waals surface area contributed by atoms with E-state index in [0.717, 1.165) is 22.4 Å². The molecule has 0 radical (unpaired) electrons. The van der Waals surface area contributed by atoms with Crippen LogP contribution in [0.25, 0.3) is 0 Å². The summed E-state index contributed by atoms with van der Waals surface area (Å²) < 4.78 is 24.6. The fourth-order valence-electron chi connectivity index (χ4n) is 4.00. The molecule has 2 fully saturated rings. The first kappa shape index (κ1) is 17.1. The maximum Gasteiger partial charge on any atom is 0.325 e. The van der Waals surface area contributed by atoms with Crippen molar-refractivity contribution >= 4 is 21.6 Å². The van der Waals surface area contributed by atoms with Crippen molar-refractivity contribution in [3.05, 3.63) is 65.2 Å². The molecule has 4 rings (SSSR count). The van der Waals surface area contributed by atoms with E-state index in [1.165, 1.54) is 0 Å². The lowest BCUT2D eigenvalue weighted by Gasteiger charge is -2.24. The van der Waals surface area contributed by atoms with Gasteiger partial charge in [0.2, 0.25) is 0 Å². The first-order chi connectivity index (χ1) is 12.4. The number of sulfone groups is 1. The highest BCUT2D eigenvalue weighted by Crippen LogP contribution is 2.37. The number of hydrogen-bond donors (Lipinski definition) is 0. The fourth-order valence-corrected chi connectivity index (χ4v) is 5.95. The summed E-state index contributed by atoms with van der Waals surface area (Å²) in [6, 6.07) is 15.0. The van der Waals surface area contributed by atoms with Gasteiger partial charge in [0.15, 0.2) is 9.84 Å². The summed E-state index contributed by atoms with van der Waals surface area (Å²) >= 11 is 0. The van der Waals surface area contributed by atoms with Crippen LogP contribution in [0.2, 0.25) is 0 Å². The Morgan fingerprint density at radius 2 is 1.69 bits per heavy atom. The molecule has 0 bridgehead atoms. The van der Waals surface area contributed by atoms with Crippen molar-refractivity contribution in [1.29, 1.82) is 0 Å². The number of urea groups is 1. The molecule has 2 aliphatic heterocycles. The zero-order valence-electron chi connectivity index (χ0n) is 14.9. The zero-order valence-corrected chi connectivity index (χ0v) is 15.7. The molecule has 136 valence electrons. The van der Waals surface area contributed by atoms with Crippen LogP contribution in [-0.2, 0) is 16.4 Å². The Bertz CT molecular complexity index is 956. The number of anilines is 1. The Hall–Kier alpha value is -2.34. The molecule has 6 heteroatoms. The zero-order chi connectivity index (χ0) is 18.5. The Balaban J connectivity index is 1.75. The van der Waals surface area contributed by atoms with Gasteiger partial charge >= 0.3 is 6.03 Å². The van der Waals surface area contributed by atoms with Crippen LogP contribution in [0, 0.1) is 13.8 Å². The second kappa shape index (κ2) is 6.13. The third-order valence-corrected chi connectivity index (χ3v) is 7.00. The smallest absolute Gasteiger partial charge is 0.314 e. The average molecular weight is 370 g/mol. The number of aryl methyl sites for hydroxylation is 2. The molecule has 2 amide bonds. The number of amides is 2. The van der Waals surface area contributed by atoms with Gasteiger partial charge in [-0.2, -0.15) is 0 Å². The summed E-state index contributed by atoms with van der Waals surface area (Å²) in [5.41, 5.74) is 3.86. The van der Waals surface area contributed by atoms with Crippen LogP contribution in [-0.4, -0.2) is 42.9 Å². The van der Waals surface area contributed by atoms with Crippen molar-refractivity contribution in [3.8, 4) is 0 Å². The molecule has 0 aliphatic carbocycles. The van der Waals surface area contributed by atoms with Crippen LogP contribution in [0.5, 0.6) is 0 Å². The standard InChI is InChI=1S/C20H22N2O3S/c1-14-8-9-15(2)17(10-14)22-19-13-26(24,25)12-18(19)21(20(22)23)11-16-6-4-3-5-7-16/h3-10,18-19H,11-13H2,1-2H3/t18-,19+/m0/s1. The molecule has 0 saturated carbocycles. The topological polar surface area (TPSA) is 57.7 Å². The molecule has 2 aliphatic rings. The number of nitrogens with zero attached hydrogens (tertiary/aromatic N) is 2. The molecule has 26 heavy (non-hydrogen) atoms. The Morgan fingerprint density at radius 1 is 1.00 bits per heavy atom. The van der Waals surface area contributed by atoms with Gasteiger partial charge in [0.05, 0.1) is 23.6 Å². The first-order valence-corrected chi connectivity index (χ1v) is 10.6. The van der Waals surface area contributed by atoms with E-state index in [1.54, 1.807) is 9.80 Å². The molecule has 5 nitrogen and oxygen atoms in total. The normalized spacial score (nSPS) is 24.2. The quantitative estimate of drug-likeness (QED) is 0.781. The summed E-state index contributed by atoms with van der Waals surface area (Å²) in [7, 11) is -3.15. The van der Waals surface area contributed by atoms with Gasteiger partial charge in [-0.3, -0.25) is 4.90 Å². The Kier molecular flexibility index (Phi) is 4.03. The summed E-state index contributed by atoms with van der Waals surface area (Å²) in [5, 5.41) is 0. The molecular formula is C20H22N2O3S. The predicted octanol–water partition coefficient (Wildman–Crippen LogP) is 2.91. The lowest BCUT2D eigenvalue weighted by Crippen LogP contribution is -2.38. The van der Waals surface area contributed by atoms with E-state index < -0.39 is 9.84 Å². The largest absolute Gasteiger partial charge is 0.325 e. The third kappa shape index (κ3) is 2.88. The maximum atomic E-state index is 13.3. The van der Waals surface area contributed by atoms with Crippen molar-refractivity contribution < 1.29 is 13.2 Å². The number of carbonyl (C=O) groups excluding carboxylic acids is 1. The van der Waals surface area contributed by atoms with Crippen LogP contribution in [0.4, 0.5) is 10.5 Å². The maximum absolute atomic E-state index is 13.3. The summed E-state index contributed by atoms with van der Waals surface area (Å²) in [6.45, 7) is 4.37. The first-order valence-electron chi connectivity index (χ1n) is 8.77. The minimum absolute atomic E-state index is 0.0298. The van der Waals surface area contributed by atoms with Crippen LogP contribution in [0.1, 0.15) is 16.7 Å². The number of fused-ring (bicyclic) bond motifs is 1. The highest BCUT2D eigenvalue weighted by Gasteiger charge is 2.54. The highest BCUT2D eigenvalue weighted by atomic mass is 32.2. The minimum atomic E-state index is -3.15. The van der Waals surface area contributed by atoms with Gasteiger partial charge in [-0.05, 0) is 36.6 Å². The van der Waals surface area contributed by atoms with Crippen molar-refractivity contribution in [3.63, 3.8) is 0 Å². The van der Waals surface area contributed by atoms with Gasteiger partial charge < -0.3 is 4.90 Å². The van der Waals surface area contributed by atoms with Crippen LogP contribution < -0.4 is 4.90 Å². The second-order valence-electron chi connectivity index (χ2n) is 7.27. The molecule has 2 aromatic rings. The summed E-state index contributed by atoms with van der Waals surface area (Å²) in [5.74, 6) is 0.0691. The van der Waals surface area contributed by atoms with E-state index >= 15 is 0 Å². The van der Waals surface area contributed by atoms with Gasteiger partial charge in [0.1, 0.15) is 0 Å². The van der Waals surface area contributed by atoms with Crippen molar-refractivity contribution in [2.45, 2.75) is 32.5 Å². The lowest BCUT2D eigenvalue weighted by atomic mass is 10.1. The number of carbonyl (C=O) groups is 1. The monoisotopic (exact) mass is 370 g/mol. The molecule has 2 heterocycles. The van der Waals surface area contributed by atoms with Crippen molar-refractivity contribution in [2.24, 2.45) is 0 Å². The van der Waals surface area contributed by atoms with Crippen molar-refractivity contribution in [2.75, 3.05) is 16.4 Å². The lowest BCUT2D eigenvalue weighted by molar-refractivity contribution is 0.206. The Labute approximate surface area is 154 Å². The second-order valence-corrected chi connectivity index (χ2v) is 9.42. The fraction of sp³-hybridized carbons (Fsp3) is 0.350. The van der Waals surface area contributed by atoms with Gasteiger partial charge in [-0.15, -0.1) is 0 Å². The van der Waals surface area contributed by atoms with E-state index in [4.69, 9.17) is 0 Å². The van der Waals surface area contributed by atoms with Crippen LogP contribution in [0.3, 0.4) is 0 Å². The van der Waals surface area contributed by atoms with E-state index in [1.807, 2.05) is 62.4 Å². The SMILES string of the molecule is Cc1ccc(C)c(N2C(=O)N(Cc3ccccc3)[C@H]3CS(=O)(=O)C[C@H]32)c1. The van der Waals surface area contributed by atoms with E-state index in [0.29, 0.717) is 6.54 Å².